The highest BCUT2D eigenvalue weighted by Crippen LogP contribution is 2.16. The molecular formula is C30H42N5O4. The molecule has 9 nitrogen and oxygen atoms in total. The van der Waals surface area contributed by atoms with Gasteiger partial charge in [-0.3, -0.25) is 14.4 Å². The predicted octanol–water partition coefficient (Wildman–Crippen LogP) is 1.76. The van der Waals surface area contributed by atoms with Crippen LogP contribution in [0.15, 0.2) is 54.6 Å². The SMILES string of the molecule is CC(C[CH]C(=O)NC(Cc1ccc(OCc2ccccc2)cc1)C(=O)NCCCN1CCN(C)CC1)C(N)=O. The van der Waals surface area contributed by atoms with Crippen molar-refractivity contribution in [2.45, 2.75) is 38.8 Å². The molecular weight excluding hydrogens is 494 g/mol. The van der Waals surface area contributed by atoms with Crippen molar-refractivity contribution in [2.24, 2.45) is 11.7 Å². The van der Waals surface area contributed by atoms with Crippen LogP contribution in [-0.2, 0) is 27.4 Å². The standard InChI is InChI=1S/C30H42N5O4/c1-23(29(31)37)9-14-28(36)33-27(30(38)32-15-6-16-35-19-17-34(2)18-20-35)21-24-10-12-26(13-11-24)39-22-25-7-4-3-5-8-25/h3-5,7-8,10-14,23,27H,6,9,15-22H2,1-2H3,(H2,31,37)(H,32,38)(H,33,36). The highest BCUT2D eigenvalue weighted by molar-refractivity contribution is 5.91. The van der Waals surface area contributed by atoms with E-state index in [-0.39, 0.29) is 12.3 Å². The molecule has 0 aromatic heterocycles. The highest BCUT2D eigenvalue weighted by atomic mass is 16.5. The van der Waals surface area contributed by atoms with Crippen LogP contribution in [-0.4, -0.2) is 79.9 Å². The van der Waals surface area contributed by atoms with Crippen LogP contribution in [0.5, 0.6) is 5.75 Å². The molecule has 1 aliphatic heterocycles. The van der Waals surface area contributed by atoms with Gasteiger partial charge in [-0.1, -0.05) is 49.4 Å². The van der Waals surface area contributed by atoms with Crippen LogP contribution >= 0.6 is 0 Å². The number of ether oxygens (including phenoxy) is 1. The topological polar surface area (TPSA) is 117 Å². The molecule has 0 saturated carbocycles. The minimum atomic E-state index is -0.752. The minimum Gasteiger partial charge on any atom is -0.489 e. The van der Waals surface area contributed by atoms with Gasteiger partial charge in [0, 0.05) is 45.1 Å². The molecule has 3 amide bonds. The first-order valence-electron chi connectivity index (χ1n) is 13.7. The van der Waals surface area contributed by atoms with Gasteiger partial charge in [-0.05, 0) is 49.7 Å². The first-order chi connectivity index (χ1) is 18.8. The number of carbonyl (C=O) groups is 3. The van der Waals surface area contributed by atoms with Gasteiger partial charge in [-0.25, -0.2) is 0 Å². The fourth-order valence-corrected chi connectivity index (χ4v) is 4.25. The zero-order valence-electron chi connectivity index (χ0n) is 23.1. The Hall–Kier alpha value is -3.43. The van der Waals surface area contributed by atoms with Crippen molar-refractivity contribution in [1.29, 1.82) is 0 Å². The summed E-state index contributed by atoms with van der Waals surface area (Å²) in [5.74, 6) is -0.833. The van der Waals surface area contributed by atoms with Gasteiger partial charge in [-0.15, -0.1) is 0 Å². The smallest absolute Gasteiger partial charge is 0.242 e. The molecule has 211 valence electrons. The molecule has 2 atom stereocenters. The Labute approximate surface area is 232 Å². The summed E-state index contributed by atoms with van der Waals surface area (Å²) in [6, 6.07) is 16.7. The van der Waals surface area contributed by atoms with Crippen LogP contribution in [0.2, 0.25) is 0 Å². The lowest BCUT2D eigenvalue weighted by Gasteiger charge is -2.32. The van der Waals surface area contributed by atoms with Gasteiger partial charge in [0.2, 0.25) is 17.7 Å². The van der Waals surface area contributed by atoms with Gasteiger partial charge in [0.05, 0.1) is 6.42 Å². The lowest BCUT2D eigenvalue weighted by Crippen LogP contribution is -2.49. The van der Waals surface area contributed by atoms with Gasteiger partial charge < -0.3 is 30.9 Å². The van der Waals surface area contributed by atoms with Crippen molar-refractivity contribution in [3.05, 3.63) is 72.1 Å². The van der Waals surface area contributed by atoms with E-state index < -0.39 is 23.8 Å². The van der Waals surface area contributed by atoms with E-state index >= 15 is 0 Å². The maximum absolute atomic E-state index is 13.1. The Balaban J connectivity index is 1.53. The van der Waals surface area contributed by atoms with Gasteiger partial charge >= 0.3 is 0 Å². The number of amides is 3. The number of piperazine rings is 1. The van der Waals surface area contributed by atoms with E-state index in [1.807, 2.05) is 54.6 Å². The van der Waals surface area contributed by atoms with Crippen molar-refractivity contribution in [1.82, 2.24) is 20.4 Å². The van der Waals surface area contributed by atoms with Gasteiger partial charge in [0.1, 0.15) is 18.4 Å². The van der Waals surface area contributed by atoms with E-state index in [1.54, 1.807) is 6.92 Å². The van der Waals surface area contributed by atoms with E-state index in [1.165, 1.54) is 6.42 Å². The number of hydrogen-bond acceptors (Lipinski definition) is 6. The zero-order chi connectivity index (χ0) is 28.0. The van der Waals surface area contributed by atoms with E-state index in [9.17, 15) is 14.4 Å². The predicted molar refractivity (Wildman–Crippen MR) is 152 cm³/mol. The van der Waals surface area contributed by atoms with Crippen LogP contribution in [0.1, 0.15) is 30.9 Å². The normalized spacial score (nSPS) is 15.7. The molecule has 3 rings (SSSR count). The second-order valence-corrected chi connectivity index (χ2v) is 10.2. The summed E-state index contributed by atoms with van der Waals surface area (Å²) >= 11 is 0. The minimum absolute atomic E-state index is 0.216. The molecule has 39 heavy (non-hydrogen) atoms. The Morgan fingerprint density at radius 1 is 1.00 bits per heavy atom. The third-order valence-corrected chi connectivity index (χ3v) is 6.93. The molecule has 1 heterocycles. The number of benzene rings is 2. The molecule has 2 aromatic carbocycles. The van der Waals surface area contributed by atoms with Crippen LogP contribution in [0.4, 0.5) is 0 Å². The van der Waals surface area contributed by atoms with Crippen LogP contribution < -0.4 is 21.1 Å². The highest BCUT2D eigenvalue weighted by Gasteiger charge is 2.22. The Bertz CT molecular complexity index is 1040. The van der Waals surface area contributed by atoms with Crippen molar-refractivity contribution >= 4 is 17.7 Å². The average Bonchev–Trinajstić information content (AvgIpc) is 2.94. The Morgan fingerprint density at radius 3 is 2.36 bits per heavy atom. The number of likely N-dealkylation sites (N-methyl/N-ethyl adjacent to an activating group) is 1. The van der Waals surface area contributed by atoms with E-state index in [0.29, 0.717) is 19.6 Å². The number of rotatable bonds is 15. The molecule has 0 bridgehead atoms. The third-order valence-electron chi connectivity index (χ3n) is 6.93. The summed E-state index contributed by atoms with van der Waals surface area (Å²) in [4.78, 5) is 41.7. The lowest BCUT2D eigenvalue weighted by atomic mass is 10.0. The quantitative estimate of drug-likeness (QED) is 0.299. The molecule has 2 unspecified atom stereocenters. The zero-order valence-corrected chi connectivity index (χ0v) is 23.1. The van der Waals surface area contributed by atoms with Crippen molar-refractivity contribution in [3.63, 3.8) is 0 Å². The fraction of sp³-hybridized carbons (Fsp3) is 0.467. The average molecular weight is 537 g/mol. The maximum atomic E-state index is 13.1. The summed E-state index contributed by atoms with van der Waals surface area (Å²) in [5.41, 5.74) is 7.27. The van der Waals surface area contributed by atoms with Crippen molar-refractivity contribution in [3.8, 4) is 5.75 Å². The summed E-state index contributed by atoms with van der Waals surface area (Å²) in [6.45, 7) is 7.78. The first-order valence-corrected chi connectivity index (χ1v) is 13.7. The molecule has 2 aromatic rings. The molecule has 1 radical (unpaired) electrons. The number of nitrogens with two attached hydrogens (primary N) is 1. The van der Waals surface area contributed by atoms with Gasteiger partial charge in [-0.2, -0.15) is 0 Å². The molecule has 1 aliphatic rings. The molecule has 4 N–H and O–H groups in total. The third kappa shape index (κ3) is 11.1. The number of hydrogen-bond donors (Lipinski definition) is 3. The van der Waals surface area contributed by atoms with E-state index in [0.717, 1.165) is 56.0 Å². The Kier molecular flexibility index (Phi) is 12.2. The van der Waals surface area contributed by atoms with Crippen molar-refractivity contribution < 1.29 is 19.1 Å². The molecule has 1 saturated heterocycles. The first kappa shape index (κ1) is 30.1. The number of nitrogens with zero attached hydrogens (tertiary/aromatic N) is 2. The van der Waals surface area contributed by atoms with Crippen LogP contribution in [0.3, 0.4) is 0 Å². The second kappa shape index (κ2) is 15.9. The molecule has 1 fully saturated rings. The molecule has 0 aliphatic carbocycles. The lowest BCUT2D eigenvalue weighted by molar-refractivity contribution is -0.127. The van der Waals surface area contributed by atoms with Crippen molar-refractivity contribution in [2.75, 3.05) is 46.3 Å². The molecule has 9 heteroatoms. The number of carbonyl (C=O) groups excluding carboxylic acids is 3. The number of primary amides is 1. The van der Waals surface area contributed by atoms with Crippen LogP contribution in [0, 0.1) is 12.3 Å². The largest absolute Gasteiger partial charge is 0.489 e. The summed E-state index contributed by atoms with van der Waals surface area (Å²) in [6.07, 6.45) is 2.76. The van der Waals surface area contributed by atoms with E-state index in [2.05, 4.69) is 27.5 Å². The number of nitrogens with one attached hydrogen (secondary N) is 2. The van der Waals surface area contributed by atoms with E-state index in [4.69, 9.17) is 10.5 Å². The van der Waals surface area contributed by atoms with Crippen LogP contribution in [0.25, 0.3) is 0 Å². The van der Waals surface area contributed by atoms with Gasteiger partial charge in [0.25, 0.3) is 0 Å². The fourth-order valence-electron chi connectivity index (χ4n) is 4.25. The van der Waals surface area contributed by atoms with Gasteiger partial charge in [0.15, 0.2) is 0 Å². The Morgan fingerprint density at radius 2 is 1.69 bits per heavy atom. The summed E-state index contributed by atoms with van der Waals surface area (Å²) < 4.78 is 5.86. The summed E-state index contributed by atoms with van der Waals surface area (Å²) in [5, 5.41) is 5.80. The monoisotopic (exact) mass is 536 g/mol. The molecule has 0 spiro atoms. The second-order valence-electron chi connectivity index (χ2n) is 10.2. The summed E-state index contributed by atoms with van der Waals surface area (Å²) in [7, 11) is 2.13. The maximum Gasteiger partial charge on any atom is 0.242 e.